The number of esters is 1. The van der Waals surface area contributed by atoms with Crippen molar-refractivity contribution in [2.75, 3.05) is 11.9 Å². The molecule has 0 aliphatic carbocycles. The molecule has 4 rings (SSSR count). The Morgan fingerprint density at radius 2 is 1.79 bits per heavy atom. The third kappa shape index (κ3) is 4.74. The number of fused-ring (bicyclic) bond motifs is 1. The minimum absolute atomic E-state index is 0.0740. The van der Waals surface area contributed by atoms with Gasteiger partial charge in [-0.15, -0.1) is 0 Å². The number of benzene rings is 2. The first-order valence-corrected chi connectivity index (χ1v) is 11.6. The predicted octanol–water partition coefficient (Wildman–Crippen LogP) is 4.27. The summed E-state index contributed by atoms with van der Waals surface area (Å²) in [6.07, 6.45) is 3.40. The molecule has 1 aliphatic heterocycles. The molecule has 3 aromatic rings. The molecule has 8 nitrogen and oxygen atoms in total. The summed E-state index contributed by atoms with van der Waals surface area (Å²) in [5.41, 5.74) is 2.21. The van der Waals surface area contributed by atoms with Crippen LogP contribution in [0, 0.1) is 0 Å². The molecule has 1 atom stereocenters. The Labute approximate surface area is 200 Å². The molecule has 9 heteroatoms. The summed E-state index contributed by atoms with van der Waals surface area (Å²) in [5, 5.41) is 3.17. The molecule has 2 aromatic carbocycles. The first-order chi connectivity index (χ1) is 16.4. The average molecular weight is 478 g/mol. The van der Waals surface area contributed by atoms with Gasteiger partial charge in [-0.05, 0) is 49.9 Å². The third-order valence-corrected chi connectivity index (χ3v) is 6.20. The molecular weight excluding hydrogens is 454 g/mol. The third-order valence-electron chi connectivity index (χ3n) is 5.32. The molecule has 3 amide bonds. The van der Waals surface area contributed by atoms with Gasteiger partial charge in [0.2, 0.25) is 5.91 Å². The molecular formula is C25H23N3O5S. The van der Waals surface area contributed by atoms with Crippen molar-refractivity contribution in [2.24, 2.45) is 0 Å². The minimum atomic E-state index is -1.01. The van der Waals surface area contributed by atoms with Crippen LogP contribution in [0.2, 0.25) is 0 Å². The van der Waals surface area contributed by atoms with Crippen molar-refractivity contribution in [3.05, 3.63) is 71.3 Å². The summed E-state index contributed by atoms with van der Waals surface area (Å²) < 4.78 is 6.75. The van der Waals surface area contributed by atoms with Gasteiger partial charge in [0.15, 0.2) is 0 Å². The molecule has 0 bridgehead atoms. The van der Waals surface area contributed by atoms with Gasteiger partial charge in [0.05, 0.1) is 11.5 Å². The van der Waals surface area contributed by atoms with Crippen LogP contribution in [0.15, 0.2) is 65.7 Å². The summed E-state index contributed by atoms with van der Waals surface area (Å²) >= 11 is 0.776. The number of nitrogens with zero attached hydrogens (tertiary/aromatic N) is 2. The van der Waals surface area contributed by atoms with Gasteiger partial charge in [0.1, 0.15) is 12.6 Å². The fourth-order valence-electron chi connectivity index (χ4n) is 3.72. The topological polar surface area (TPSA) is 97.7 Å². The molecule has 0 unspecified atom stereocenters. The highest BCUT2D eigenvalue weighted by molar-refractivity contribution is 8.18. The number of carbonyl (C=O) groups excluding carboxylic acids is 4. The van der Waals surface area contributed by atoms with E-state index in [4.69, 9.17) is 4.74 Å². The van der Waals surface area contributed by atoms with Gasteiger partial charge in [-0.25, -0.2) is 4.79 Å². The van der Waals surface area contributed by atoms with Crippen LogP contribution in [0.1, 0.15) is 19.4 Å². The van der Waals surface area contributed by atoms with Crippen molar-refractivity contribution in [2.45, 2.75) is 26.4 Å². The molecule has 1 aliphatic rings. The highest BCUT2D eigenvalue weighted by atomic mass is 32.2. The van der Waals surface area contributed by atoms with Crippen molar-refractivity contribution in [3.63, 3.8) is 0 Å². The second-order valence-electron chi connectivity index (χ2n) is 7.62. The molecule has 34 heavy (non-hydrogen) atoms. The Kier molecular flexibility index (Phi) is 6.83. The van der Waals surface area contributed by atoms with E-state index >= 15 is 0 Å². The van der Waals surface area contributed by atoms with Crippen LogP contribution in [0.25, 0.3) is 17.0 Å². The van der Waals surface area contributed by atoms with Gasteiger partial charge in [-0.3, -0.25) is 19.3 Å². The molecule has 0 radical (unpaired) electrons. The van der Waals surface area contributed by atoms with E-state index in [0.29, 0.717) is 11.3 Å². The van der Waals surface area contributed by atoms with Gasteiger partial charge in [0, 0.05) is 28.4 Å². The Morgan fingerprint density at radius 3 is 2.53 bits per heavy atom. The molecule has 1 N–H and O–H groups in total. The lowest BCUT2D eigenvalue weighted by molar-refractivity contribution is -0.150. The molecule has 174 valence electrons. The van der Waals surface area contributed by atoms with Crippen LogP contribution in [0.3, 0.4) is 0 Å². The highest BCUT2D eigenvalue weighted by Gasteiger charge is 2.41. The van der Waals surface area contributed by atoms with Crippen LogP contribution in [0.5, 0.6) is 0 Å². The Hall–Kier alpha value is -3.85. The standard InChI is InChI=1S/C25H23N3O5S/c1-3-33-24(31)16(2)28-23(30)21(34-25(28)32)13-17-14-27(20-12-8-7-11-19(17)20)15-22(29)26-18-9-5-4-6-10-18/h4-14,16H,3,15H2,1-2H3,(H,26,29)/b21-13+/t16-/m0/s1. The molecule has 1 aromatic heterocycles. The van der Waals surface area contributed by atoms with E-state index in [1.807, 2.05) is 54.6 Å². The first-order valence-electron chi connectivity index (χ1n) is 10.8. The smallest absolute Gasteiger partial charge is 0.329 e. The average Bonchev–Trinajstić information content (AvgIpc) is 3.30. The minimum Gasteiger partial charge on any atom is -0.464 e. The van der Waals surface area contributed by atoms with Crippen LogP contribution >= 0.6 is 11.8 Å². The summed E-state index contributed by atoms with van der Waals surface area (Å²) in [6.45, 7) is 3.36. The number of imide groups is 1. The molecule has 0 spiro atoms. The zero-order chi connectivity index (χ0) is 24.2. The van der Waals surface area contributed by atoms with Crippen molar-refractivity contribution in [1.29, 1.82) is 0 Å². The lowest BCUT2D eigenvalue weighted by Gasteiger charge is -2.19. The summed E-state index contributed by atoms with van der Waals surface area (Å²) in [4.78, 5) is 51.2. The number of nitrogens with one attached hydrogen (secondary N) is 1. The number of hydrogen-bond donors (Lipinski definition) is 1. The molecule has 0 saturated carbocycles. The van der Waals surface area contributed by atoms with E-state index in [1.165, 1.54) is 6.92 Å². The van der Waals surface area contributed by atoms with Gasteiger partial charge in [-0.2, -0.15) is 0 Å². The fraction of sp³-hybridized carbons (Fsp3) is 0.200. The zero-order valence-corrected chi connectivity index (χ0v) is 19.5. The van der Waals surface area contributed by atoms with Gasteiger partial charge in [-0.1, -0.05) is 36.4 Å². The van der Waals surface area contributed by atoms with Crippen molar-refractivity contribution < 1.29 is 23.9 Å². The summed E-state index contributed by atoms with van der Waals surface area (Å²) in [5.74, 6) is -1.37. The number of para-hydroxylation sites is 2. The number of rotatable bonds is 7. The number of carbonyl (C=O) groups is 4. The lowest BCUT2D eigenvalue weighted by atomic mass is 10.1. The molecule has 1 saturated heterocycles. The van der Waals surface area contributed by atoms with Crippen LogP contribution in [0.4, 0.5) is 10.5 Å². The van der Waals surface area contributed by atoms with E-state index < -0.39 is 23.2 Å². The Balaban J connectivity index is 1.60. The van der Waals surface area contributed by atoms with Crippen LogP contribution in [-0.4, -0.2) is 45.1 Å². The number of aromatic nitrogens is 1. The number of hydrogen-bond acceptors (Lipinski definition) is 6. The quantitative estimate of drug-likeness (QED) is 0.403. The number of amides is 3. The molecule has 1 fully saturated rings. The van der Waals surface area contributed by atoms with Crippen LogP contribution in [-0.2, 0) is 25.7 Å². The Morgan fingerprint density at radius 1 is 1.09 bits per heavy atom. The number of ether oxygens (including phenoxy) is 1. The second-order valence-corrected chi connectivity index (χ2v) is 8.62. The maximum atomic E-state index is 12.9. The normalized spacial score (nSPS) is 15.7. The maximum absolute atomic E-state index is 12.9. The van der Waals surface area contributed by atoms with E-state index in [-0.39, 0.29) is 24.0 Å². The summed E-state index contributed by atoms with van der Waals surface area (Å²) in [6, 6.07) is 15.7. The van der Waals surface area contributed by atoms with Crippen molar-refractivity contribution in [3.8, 4) is 0 Å². The maximum Gasteiger partial charge on any atom is 0.329 e. The highest BCUT2D eigenvalue weighted by Crippen LogP contribution is 2.35. The molecule has 2 heterocycles. The first kappa shape index (κ1) is 23.3. The summed E-state index contributed by atoms with van der Waals surface area (Å²) in [7, 11) is 0. The van der Waals surface area contributed by atoms with Crippen molar-refractivity contribution in [1.82, 2.24) is 9.47 Å². The zero-order valence-electron chi connectivity index (χ0n) is 18.7. The number of thioether (sulfide) groups is 1. The van der Waals surface area contributed by atoms with E-state index in [1.54, 1.807) is 23.8 Å². The fourth-order valence-corrected chi connectivity index (χ4v) is 4.62. The monoisotopic (exact) mass is 477 g/mol. The van der Waals surface area contributed by atoms with E-state index in [9.17, 15) is 19.2 Å². The van der Waals surface area contributed by atoms with Crippen molar-refractivity contribution >= 4 is 57.5 Å². The van der Waals surface area contributed by atoms with Crippen LogP contribution < -0.4 is 5.32 Å². The Bertz CT molecular complexity index is 1300. The largest absolute Gasteiger partial charge is 0.464 e. The SMILES string of the molecule is CCOC(=O)[C@H](C)N1C(=O)S/C(=C/c2cn(CC(=O)Nc3ccccc3)c3ccccc23)C1=O. The number of anilines is 1. The second kappa shape index (κ2) is 9.96. The van der Waals surface area contributed by atoms with Gasteiger partial charge >= 0.3 is 5.97 Å². The van der Waals surface area contributed by atoms with Gasteiger partial charge in [0.25, 0.3) is 11.1 Å². The van der Waals surface area contributed by atoms with E-state index in [0.717, 1.165) is 27.6 Å². The van der Waals surface area contributed by atoms with E-state index in [2.05, 4.69) is 5.32 Å². The van der Waals surface area contributed by atoms with Gasteiger partial charge < -0.3 is 14.6 Å². The lowest BCUT2D eigenvalue weighted by Crippen LogP contribution is -2.42. The predicted molar refractivity (Wildman–Crippen MR) is 131 cm³/mol.